The van der Waals surface area contributed by atoms with Crippen LogP contribution in [0.5, 0.6) is 5.75 Å². The highest BCUT2D eigenvalue weighted by molar-refractivity contribution is 6.31. The Labute approximate surface area is 133 Å². The van der Waals surface area contributed by atoms with E-state index < -0.39 is 5.82 Å². The predicted molar refractivity (Wildman–Crippen MR) is 84.5 cm³/mol. The average molecular weight is 328 g/mol. The summed E-state index contributed by atoms with van der Waals surface area (Å²) in [5, 5.41) is 0.708. The van der Waals surface area contributed by atoms with E-state index in [1.165, 1.54) is 6.07 Å². The fourth-order valence-corrected chi connectivity index (χ4v) is 2.43. The van der Waals surface area contributed by atoms with Crippen molar-refractivity contribution in [1.29, 1.82) is 0 Å². The summed E-state index contributed by atoms with van der Waals surface area (Å²) < 4.78 is 18.9. The smallest absolute Gasteiger partial charge is 0.141 e. The van der Waals surface area contributed by atoms with Crippen molar-refractivity contribution in [2.75, 3.05) is 0 Å². The van der Waals surface area contributed by atoms with Gasteiger partial charge in [0.25, 0.3) is 0 Å². The van der Waals surface area contributed by atoms with Crippen molar-refractivity contribution in [2.24, 2.45) is 5.73 Å². The van der Waals surface area contributed by atoms with E-state index in [2.05, 4.69) is 0 Å². The van der Waals surface area contributed by atoms with Gasteiger partial charge in [-0.05, 0) is 43.2 Å². The molecule has 21 heavy (non-hydrogen) atoms. The number of benzene rings is 2. The van der Waals surface area contributed by atoms with Gasteiger partial charge in [-0.1, -0.05) is 35.3 Å². The van der Waals surface area contributed by atoms with Crippen LogP contribution in [-0.4, -0.2) is 6.04 Å². The van der Waals surface area contributed by atoms with Gasteiger partial charge in [0.15, 0.2) is 0 Å². The summed E-state index contributed by atoms with van der Waals surface area (Å²) in [5.41, 5.74) is 7.50. The minimum Gasteiger partial charge on any atom is -0.489 e. The molecule has 0 saturated carbocycles. The van der Waals surface area contributed by atoms with Crippen LogP contribution in [0.1, 0.15) is 18.1 Å². The van der Waals surface area contributed by atoms with E-state index in [1.54, 1.807) is 18.2 Å². The number of ether oxygens (including phenoxy) is 1. The van der Waals surface area contributed by atoms with Crippen molar-refractivity contribution in [3.63, 3.8) is 0 Å². The Morgan fingerprint density at radius 3 is 2.62 bits per heavy atom. The van der Waals surface area contributed by atoms with Gasteiger partial charge in [-0.25, -0.2) is 4.39 Å². The van der Waals surface area contributed by atoms with Gasteiger partial charge in [0.2, 0.25) is 0 Å². The first kappa shape index (κ1) is 16.1. The monoisotopic (exact) mass is 327 g/mol. The van der Waals surface area contributed by atoms with E-state index in [0.29, 0.717) is 17.2 Å². The Morgan fingerprint density at radius 2 is 1.95 bits per heavy atom. The predicted octanol–water partition coefficient (Wildman–Crippen LogP) is 4.60. The summed E-state index contributed by atoms with van der Waals surface area (Å²) >= 11 is 11.9. The molecule has 0 fully saturated rings. The molecule has 1 atom stereocenters. The largest absolute Gasteiger partial charge is 0.489 e. The normalized spacial score (nSPS) is 12.2. The van der Waals surface area contributed by atoms with Crippen molar-refractivity contribution >= 4 is 23.2 Å². The second-order valence-electron chi connectivity index (χ2n) is 4.94. The number of nitrogens with two attached hydrogens (primary N) is 1. The van der Waals surface area contributed by atoms with E-state index in [9.17, 15) is 4.39 Å². The molecule has 5 heteroatoms. The Hall–Kier alpha value is -1.29. The van der Waals surface area contributed by atoms with Crippen LogP contribution in [0.2, 0.25) is 10.0 Å². The van der Waals surface area contributed by atoms with Gasteiger partial charge >= 0.3 is 0 Å². The number of hydrogen-bond donors (Lipinski definition) is 1. The lowest BCUT2D eigenvalue weighted by atomic mass is 10.1. The Kier molecular flexibility index (Phi) is 5.45. The quantitative estimate of drug-likeness (QED) is 0.870. The van der Waals surface area contributed by atoms with Gasteiger partial charge in [0, 0.05) is 16.6 Å². The lowest BCUT2D eigenvalue weighted by Crippen LogP contribution is -2.18. The lowest BCUT2D eigenvalue weighted by Gasteiger charge is -2.14. The minimum atomic E-state index is -0.444. The first-order valence-electron chi connectivity index (χ1n) is 6.57. The first-order chi connectivity index (χ1) is 9.97. The van der Waals surface area contributed by atoms with Crippen LogP contribution >= 0.6 is 23.2 Å². The summed E-state index contributed by atoms with van der Waals surface area (Å²) in [6, 6.07) is 9.95. The summed E-state index contributed by atoms with van der Waals surface area (Å²) in [4.78, 5) is 0. The second-order valence-corrected chi connectivity index (χ2v) is 5.75. The zero-order valence-electron chi connectivity index (χ0n) is 11.6. The fraction of sp³-hybridized carbons (Fsp3) is 0.250. The van der Waals surface area contributed by atoms with Crippen LogP contribution in [0.4, 0.5) is 4.39 Å². The number of rotatable bonds is 5. The molecule has 0 amide bonds. The maximum Gasteiger partial charge on any atom is 0.141 e. The molecule has 0 aliphatic rings. The molecule has 2 N–H and O–H groups in total. The van der Waals surface area contributed by atoms with Crippen molar-refractivity contribution in [2.45, 2.75) is 26.0 Å². The van der Waals surface area contributed by atoms with Crippen molar-refractivity contribution in [3.8, 4) is 5.75 Å². The van der Waals surface area contributed by atoms with Crippen LogP contribution in [0.15, 0.2) is 36.4 Å². The van der Waals surface area contributed by atoms with Crippen LogP contribution < -0.4 is 10.5 Å². The zero-order chi connectivity index (χ0) is 15.4. The van der Waals surface area contributed by atoms with Crippen LogP contribution in [0.25, 0.3) is 0 Å². The molecule has 2 nitrogen and oxygen atoms in total. The van der Waals surface area contributed by atoms with Gasteiger partial charge < -0.3 is 10.5 Å². The van der Waals surface area contributed by atoms with Gasteiger partial charge in [-0.2, -0.15) is 0 Å². The minimum absolute atomic E-state index is 0.0208. The lowest BCUT2D eigenvalue weighted by molar-refractivity contribution is 0.302. The van der Waals surface area contributed by atoms with Crippen LogP contribution in [0.3, 0.4) is 0 Å². The molecular weight excluding hydrogens is 312 g/mol. The van der Waals surface area contributed by atoms with E-state index >= 15 is 0 Å². The highest BCUT2D eigenvalue weighted by Gasteiger charge is 2.11. The zero-order valence-corrected chi connectivity index (χ0v) is 13.1. The van der Waals surface area contributed by atoms with Crippen molar-refractivity contribution < 1.29 is 9.13 Å². The topological polar surface area (TPSA) is 35.2 Å². The molecule has 0 spiro atoms. The third-order valence-corrected chi connectivity index (χ3v) is 3.62. The fourth-order valence-electron chi connectivity index (χ4n) is 1.98. The van der Waals surface area contributed by atoms with Gasteiger partial charge in [-0.15, -0.1) is 0 Å². The van der Waals surface area contributed by atoms with E-state index in [-0.39, 0.29) is 17.7 Å². The van der Waals surface area contributed by atoms with E-state index in [0.717, 1.165) is 11.1 Å². The molecule has 2 rings (SSSR count). The maximum atomic E-state index is 13.1. The van der Waals surface area contributed by atoms with Gasteiger partial charge in [-0.3, -0.25) is 0 Å². The Morgan fingerprint density at radius 1 is 1.19 bits per heavy atom. The Balaban J connectivity index is 2.15. The molecule has 0 radical (unpaired) electrons. The highest BCUT2D eigenvalue weighted by atomic mass is 35.5. The third kappa shape index (κ3) is 4.34. The summed E-state index contributed by atoms with van der Waals surface area (Å²) in [6.45, 7) is 2.19. The first-order valence-corrected chi connectivity index (χ1v) is 7.32. The molecule has 0 saturated heterocycles. The van der Waals surface area contributed by atoms with Crippen LogP contribution in [-0.2, 0) is 13.0 Å². The molecule has 2 aromatic rings. The number of hydrogen-bond acceptors (Lipinski definition) is 2. The molecular formula is C16H16Cl2FNO. The molecule has 0 aromatic heterocycles. The Bertz CT molecular complexity index is 632. The van der Waals surface area contributed by atoms with E-state index in [1.807, 2.05) is 19.1 Å². The molecule has 2 aromatic carbocycles. The van der Waals surface area contributed by atoms with Gasteiger partial charge in [0.1, 0.15) is 18.2 Å². The van der Waals surface area contributed by atoms with Crippen molar-refractivity contribution in [3.05, 3.63) is 63.4 Å². The summed E-state index contributed by atoms with van der Waals surface area (Å²) in [7, 11) is 0. The summed E-state index contributed by atoms with van der Waals surface area (Å²) in [5.74, 6) is 0.237. The highest BCUT2D eigenvalue weighted by Crippen LogP contribution is 2.28. The molecule has 0 aliphatic carbocycles. The third-order valence-electron chi connectivity index (χ3n) is 2.98. The summed E-state index contributed by atoms with van der Waals surface area (Å²) in [6.07, 6.45) is 0.624. The molecule has 0 heterocycles. The molecule has 0 bridgehead atoms. The average Bonchev–Trinajstić information content (AvgIpc) is 2.43. The van der Waals surface area contributed by atoms with E-state index in [4.69, 9.17) is 33.7 Å². The SMILES string of the molecule is CC(N)Cc1c(Cl)cccc1OCc1ccc(F)c(Cl)c1. The maximum absolute atomic E-state index is 13.1. The molecule has 1 unspecified atom stereocenters. The number of halogens is 3. The second kappa shape index (κ2) is 7.12. The van der Waals surface area contributed by atoms with Crippen LogP contribution in [0, 0.1) is 5.82 Å². The molecule has 0 aliphatic heterocycles. The molecule has 112 valence electrons. The standard InChI is InChI=1S/C16H16Cl2FNO/c1-10(20)7-12-13(17)3-2-4-16(12)21-9-11-5-6-15(19)14(18)8-11/h2-6,8,10H,7,9,20H2,1H3. The van der Waals surface area contributed by atoms with Gasteiger partial charge in [0.05, 0.1) is 5.02 Å². The van der Waals surface area contributed by atoms with Crippen molar-refractivity contribution in [1.82, 2.24) is 0 Å².